The van der Waals surface area contributed by atoms with Gasteiger partial charge >= 0.3 is 11.7 Å². The summed E-state index contributed by atoms with van der Waals surface area (Å²) in [4.78, 5) is 37.7. The zero-order chi connectivity index (χ0) is 21.3. The predicted octanol–water partition coefficient (Wildman–Crippen LogP) is 2.17. The van der Waals surface area contributed by atoms with E-state index in [1.807, 2.05) is 37.4 Å². The molecule has 1 N–H and O–H groups in total. The zero-order valence-electron chi connectivity index (χ0n) is 16.9. The quantitative estimate of drug-likeness (QED) is 0.406. The second-order valence-electron chi connectivity index (χ2n) is 6.86. The van der Waals surface area contributed by atoms with Crippen LogP contribution in [-0.2, 0) is 20.9 Å². The van der Waals surface area contributed by atoms with Crippen LogP contribution >= 0.6 is 0 Å². The Balaban J connectivity index is 1.33. The van der Waals surface area contributed by atoms with Gasteiger partial charge < -0.3 is 19.4 Å². The average molecular weight is 411 g/mol. The molecule has 0 aliphatic heterocycles. The summed E-state index contributed by atoms with van der Waals surface area (Å²) in [6.07, 6.45) is 0.736. The van der Waals surface area contributed by atoms with Crippen LogP contribution in [0.1, 0.15) is 12.8 Å². The number of oxazole rings is 1. The molecule has 3 rings (SSSR count). The first-order valence-electron chi connectivity index (χ1n) is 9.81. The number of fused-ring (bicyclic) bond motifs is 1. The summed E-state index contributed by atoms with van der Waals surface area (Å²) in [6, 6.07) is 17.0. The minimum Gasteiger partial charge on any atom is -0.456 e. The first-order chi connectivity index (χ1) is 14.5. The lowest BCUT2D eigenvalue weighted by Gasteiger charge is -2.19. The third kappa shape index (κ3) is 5.73. The number of rotatable bonds is 10. The van der Waals surface area contributed by atoms with Gasteiger partial charge in [-0.15, -0.1) is 0 Å². The van der Waals surface area contributed by atoms with E-state index in [9.17, 15) is 14.4 Å². The third-order valence-corrected chi connectivity index (χ3v) is 4.67. The molecule has 0 radical (unpaired) electrons. The highest BCUT2D eigenvalue weighted by atomic mass is 16.5. The Bertz CT molecular complexity index is 1040. The van der Waals surface area contributed by atoms with Crippen molar-refractivity contribution in [1.29, 1.82) is 0 Å². The van der Waals surface area contributed by atoms with E-state index in [2.05, 4.69) is 10.2 Å². The largest absolute Gasteiger partial charge is 0.456 e. The van der Waals surface area contributed by atoms with Crippen LogP contribution in [0, 0.1) is 0 Å². The van der Waals surface area contributed by atoms with E-state index < -0.39 is 11.7 Å². The van der Waals surface area contributed by atoms with Crippen molar-refractivity contribution in [1.82, 2.24) is 9.88 Å². The third-order valence-electron chi connectivity index (χ3n) is 4.67. The summed E-state index contributed by atoms with van der Waals surface area (Å²) in [6.45, 7) is 1.07. The average Bonchev–Trinajstić information content (AvgIpc) is 3.09. The second kappa shape index (κ2) is 10.3. The molecule has 0 fully saturated rings. The number of hydrogen-bond donors (Lipinski definition) is 1. The van der Waals surface area contributed by atoms with E-state index in [4.69, 9.17) is 9.15 Å². The lowest BCUT2D eigenvalue weighted by atomic mass is 10.3. The monoisotopic (exact) mass is 411 g/mol. The number of aryl methyl sites for hydroxylation is 1. The number of ether oxygens (including phenoxy) is 1. The standard InChI is InChI=1S/C22H25N3O5/c1-24(17-8-3-2-4-9-17)14-7-13-23-20(26)16-29-21(27)12-15-25-18-10-5-6-11-19(18)30-22(25)28/h2-6,8-11H,7,12-16H2,1H3,(H,23,26). The van der Waals surface area contributed by atoms with Crippen LogP contribution in [0.5, 0.6) is 0 Å². The molecule has 0 saturated carbocycles. The summed E-state index contributed by atoms with van der Waals surface area (Å²) < 4.78 is 11.5. The molecule has 1 aromatic heterocycles. The molecule has 0 spiro atoms. The summed E-state index contributed by atoms with van der Waals surface area (Å²) in [5, 5.41) is 2.73. The summed E-state index contributed by atoms with van der Waals surface area (Å²) in [5.74, 6) is -1.43. The van der Waals surface area contributed by atoms with E-state index in [-0.39, 0.29) is 25.5 Å². The number of esters is 1. The van der Waals surface area contributed by atoms with E-state index in [0.29, 0.717) is 17.6 Å². The van der Waals surface area contributed by atoms with Gasteiger partial charge in [-0.25, -0.2) is 4.79 Å². The molecule has 3 aromatic rings. The lowest BCUT2D eigenvalue weighted by molar-refractivity contribution is -0.148. The number of para-hydroxylation sites is 3. The van der Waals surface area contributed by atoms with Gasteiger partial charge in [0.25, 0.3) is 5.91 Å². The zero-order valence-corrected chi connectivity index (χ0v) is 16.9. The molecule has 8 heteroatoms. The molecule has 0 bridgehead atoms. The van der Waals surface area contributed by atoms with Crippen LogP contribution in [0.15, 0.2) is 63.8 Å². The van der Waals surface area contributed by atoms with Crippen molar-refractivity contribution >= 4 is 28.7 Å². The maximum absolute atomic E-state index is 11.9. The van der Waals surface area contributed by atoms with Crippen LogP contribution in [0.4, 0.5) is 5.69 Å². The van der Waals surface area contributed by atoms with Crippen molar-refractivity contribution in [2.45, 2.75) is 19.4 Å². The van der Waals surface area contributed by atoms with Crippen molar-refractivity contribution in [2.24, 2.45) is 0 Å². The molecule has 1 amide bonds. The molecular weight excluding hydrogens is 386 g/mol. The van der Waals surface area contributed by atoms with Gasteiger partial charge in [-0.3, -0.25) is 14.2 Å². The van der Waals surface area contributed by atoms with Gasteiger partial charge in [0.05, 0.1) is 11.9 Å². The molecule has 0 saturated heterocycles. The molecule has 0 atom stereocenters. The smallest absolute Gasteiger partial charge is 0.419 e. The van der Waals surface area contributed by atoms with Crippen molar-refractivity contribution in [3.63, 3.8) is 0 Å². The predicted molar refractivity (Wildman–Crippen MR) is 113 cm³/mol. The number of nitrogens with one attached hydrogen (secondary N) is 1. The molecule has 158 valence electrons. The number of aromatic nitrogens is 1. The highest BCUT2D eigenvalue weighted by molar-refractivity contribution is 5.80. The van der Waals surface area contributed by atoms with Crippen molar-refractivity contribution in [3.8, 4) is 0 Å². The summed E-state index contributed by atoms with van der Waals surface area (Å²) >= 11 is 0. The molecule has 0 unspecified atom stereocenters. The molecule has 8 nitrogen and oxygen atoms in total. The molecular formula is C22H25N3O5. The Hall–Kier alpha value is -3.55. The first-order valence-corrected chi connectivity index (χ1v) is 9.81. The van der Waals surface area contributed by atoms with Crippen molar-refractivity contribution < 1.29 is 18.7 Å². The molecule has 0 aliphatic carbocycles. The topological polar surface area (TPSA) is 93.8 Å². The van der Waals surface area contributed by atoms with Gasteiger partial charge in [0.1, 0.15) is 0 Å². The number of nitrogens with zero attached hydrogens (tertiary/aromatic N) is 2. The van der Waals surface area contributed by atoms with E-state index in [1.54, 1.807) is 24.3 Å². The minimum atomic E-state index is -0.550. The van der Waals surface area contributed by atoms with Gasteiger partial charge in [-0.1, -0.05) is 30.3 Å². The molecule has 30 heavy (non-hydrogen) atoms. The maximum atomic E-state index is 11.9. The number of benzene rings is 2. The minimum absolute atomic E-state index is 0.0292. The normalized spacial score (nSPS) is 10.7. The van der Waals surface area contributed by atoms with Gasteiger partial charge in [0.15, 0.2) is 12.2 Å². The Labute approximate surface area is 174 Å². The van der Waals surface area contributed by atoms with Gasteiger partial charge in [-0.2, -0.15) is 0 Å². The van der Waals surface area contributed by atoms with Gasteiger partial charge in [0.2, 0.25) is 0 Å². The fourth-order valence-electron chi connectivity index (χ4n) is 3.05. The number of anilines is 1. The fourth-order valence-corrected chi connectivity index (χ4v) is 3.05. The van der Waals surface area contributed by atoms with Crippen molar-refractivity contribution in [3.05, 3.63) is 65.1 Å². The maximum Gasteiger partial charge on any atom is 0.419 e. The van der Waals surface area contributed by atoms with Gasteiger partial charge in [-0.05, 0) is 30.7 Å². The Morgan fingerprint density at radius 2 is 1.83 bits per heavy atom. The Morgan fingerprint density at radius 3 is 2.63 bits per heavy atom. The Kier molecular flexibility index (Phi) is 7.26. The number of hydrogen-bond acceptors (Lipinski definition) is 6. The lowest BCUT2D eigenvalue weighted by Crippen LogP contribution is -2.31. The van der Waals surface area contributed by atoms with E-state index in [1.165, 1.54) is 4.57 Å². The molecule has 2 aromatic carbocycles. The SMILES string of the molecule is CN(CCCNC(=O)COC(=O)CCn1c(=O)oc2ccccc21)c1ccccc1. The highest BCUT2D eigenvalue weighted by Gasteiger charge is 2.12. The Morgan fingerprint density at radius 1 is 1.10 bits per heavy atom. The van der Waals surface area contributed by atoms with Crippen LogP contribution in [0.2, 0.25) is 0 Å². The number of amides is 1. The second-order valence-corrected chi connectivity index (χ2v) is 6.86. The van der Waals surface area contributed by atoms with E-state index in [0.717, 1.165) is 18.7 Å². The van der Waals surface area contributed by atoms with Gasteiger partial charge in [0, 0.05) is 32.4 Å². The molecule has 0 aliphatic rings. The summed E-state index contributed by atoms with van der Waals surface area (Å²) in [5.41, 5.74) is 2.20. The summed E-state index contributed by atoms with van der Waals surface area (Å²) in [7, 11) is 1.99. The van der Waals surface area contributed by atoms with Crippen LogP contribution in [0.3, 0.4) is 0 Å². The number of carbonyl (C=O) groups excluding carboxylic acids is 2. The van der Waals surface area contributed by atoms with E-state index >= 15 is 0 Å². The fraction of sp³-hybridized carbons (Fsp3) is 0.318. The van der Waals surface area contributed by atoms with Crippen molar-refractivity contribution in [2.75, 3.05) is 31.6 Å². The number of carbonyl (C=O) groups is 2. The van der Waals surface area contributed by atoms with Crippen LogP contribution < -0.4 is 16.0 Å². The molecule has 1 heterocycles. The van der Waals surface area contributed by atoms with Crippen LogP contribution in [0.25, 0.3) is 11.1 Å². The van der Waals surface area contributed by atoms with Crippen LogP contribution in [-0.4, -0.2) is 43.2 Å². The first kappa shape index (κ1) is 21.2. The highest BCUT2D eigenvalue weighted by Crippen LogP contribution is 2.12.